The van der Waals surface area contributed by atoms with E-state index >= 15 is 0 Å². The maximum absolute atomic E-state index is 6.10. The van der Waals surface area contributed by atoms with E-state index in [1.165, 1.54) is 0 Å². The molecule has 1 aromatic heterocycles. The molecule has 0 amide bonds. The summed E-state index contributed by atoms with van der Waals surface area (Å²) in [4.78, 5) is 8.13. The van der Waals surface area contributed by atoms with E-state index in [0.29, 0.717) is 6.42 Å². The standard InChI is InChI=1S/C19H16ClN2O/c1-2-18(14-7-4-3-5-8-14)23-16-10-6-9-15(13-16)17-11-12-21-19(20)22-17/h3-13,18H,1-2H2. The first-order chi connectivity index (χ1) is 11.3. The van der Waals surface area contributed by atoms with Crippen molar-refractivity contribution >= 4 is 11.6 Å². The molecule has 4 heteroatoms. The van der Waals surface area contributed by atoms with Crippen LogP contribution in [0, 0.1) is 6.92 Å². The second-order valence-electron chi connectivity index (χ2n) is 5.04. The van der Waals surface area contributed by atoms with Crippen LogP contribution in [0.5, 0.6) is 5.75 Å². The van der Waals surface area contributed by atoms with Gasteiger partial charge in [0.15, 0.2) is 0 Å². The van der Waals surface area contributed by atoms with Gasteiger partial charge >= 0.3 is 0 Å². The van der Waals surface area contributed by atoms with Crippen molar-refractivity contribution in [2.45, 2.75) is 12.5 Å². The molecule has 0 saturated heterocycles. The normalized spacial score (nSPS) is 11.9. The predicted octanol–water partition coefficient (Wildman–Crippen LogP) is 5.14. The van der Waals surface area contributed by atoms with Gasteiger partial charge in [-0.3, -0.25) is 0 Å². The van der Waals surface area contributed by atoms with Crippen LogP contribution in [0.3, 0.4) is 0 Å². The molecule has 3 rings (SSSR count). The van der Waals surface area contributed by atoms with Crippen LogP contribution in [0.4, 0.5) is 0 Å². The second-order valence-corrected chi connectivity index (χ2v) is 5.38. The third kappa shape index (κ3) is 3.88. The van der Waals surface area contributed by atoms with Gasteiger partial charge < -0.3 is 4.74 Å². The van der Waals surface area contributed by atoms with Crippen LogP contribution in [0.2, 0.25) is 5.28 Å². The number of hydrogen-bond acceptors (Lipinski definition) is 3. The first-order valence-electron chi connectivity index (χ1n) is 7.36. The van der Waals surface area contributed by atoms with Gasteiger partial charge in [-0.2, -0.15) is 0 Å². The Balaban J connectivity index is 1.85. The van der Waals surface area contributed by atoms with Crippen LogP contribution in [0.25, 0.3) is 11.3 Å². The van der Waals surface area contributed by atoms with Crippen LogP contribution < -0.4 is 4.74 Å². The van der Waals surface area contributed by atoms with E-state index in [9.17, 15) is 0 Å². The molecule has 0 bridgehead atoms. The number of hydrogen-bond donors (Lipinski definition) is 0. The number of rotatable bonds is 5. The quantitative estimate of drug-likeness (QED) is 0.610. The maximum atomic E-state index is 6.10. The molecule has 0 aliphatic heterocycles. The molecule has 1 atom stereocenters. The Labute approximate surface area is 140 Å². The summed E-state index contributed by atoms with van der Waals surface area (Å²) in [5.41, 5.74) is 2.81. The molecule has 3 nitrogen and oxygen atoms in total. The predicted molar refractivity (Wildman–Crippen MR) is 92.3 cm³/mol. The number of halogens is 1. The van der Waals surface area contributed by atoms with E-state index in [0.717, 1.165) is 22.6 Å². The van der Waals surface area contributed by atoms with E-state index < -0.39 is 0 Å². The molecule has 0 saturated carbocycles. The van der Waals surface area contributed by atoms with Crippen LogP contribution in [-0.4, -0.2) is 9.97 Å². The van der Waals surface area contributed by atoms with Crippen molar-refractivity contribution < 1.29 is 4.74 Å². The fourth-order valence-corrected chi connectivity index (χ4v) is 2.50. The summed E-state index contributed by atoms with van der Waals surface area (Å²) in [7, 11) is 0. The van der Waals surface area contributed by atoms with Crippen molar-refractivity contribution in [1.82, 2.24) is 9.97 Å². The van der Waals surface area contributed by atoms with Gasteiger partial charge in [0.2, 0.25) is 5.28 Å². The molecule has 115 valence electrons. The molecule has 2 aromatic carbocycles. The van der Waals surface area contributed by atoms with E-state index in [1.807, 2.05) is 60.7 Å². The summed E-state index contributed by atoms with van der Waals surface area (Å²) in [6, 6.07) is 19.7. The Morgan fingerprint density at radius 1 is 1.04 bits per heavy atom. The van der Waals surface area contributed by atoms with Crippen molar-refractivity contribution in [3.05, 3.63) is 84.6 Å². The molecule has 1 unspecified atom stereocenters. The van der Waals surface area contributed by atoms with Crippen LogP contribution in [0.15, 0.2) is 66.9 Å². The largest absolute Gasteiger partial charge is 0.486 e. The average Bonchev–Trinajstić information content (AvgIpc) is 2.61. The van der Waals surface area contributed by atoms with E-state index in [-0.39, 0.29) is 11.4 Å². The molecular formula is C19H16ClN2O. The Morgan fingerprint density at radius 2 is 1.87 bits per heavy atom. The van der Waals surface area contributed by atoms with Gasteiger partial charge in [-0.15, -0.1) is 0 Å². The van der Waals surface area contributed by atoms with Crippen LogP contribution in [0.1, 0.15) is 18.1 Å². The number of aromatic nitrogens is 2. The Kier molecular flexibility index (Phi) is 4.89. The maximum Gasteiger partial charge on any atom is 0.222 e. The summed E-state index contributed by atoms with van der Waals surface area (Å²) >= 11 is 5.86. The highest BCUT2D eigenvalue weighted by Gasteiger charge is 2.11. The first-order valence-corrected chi connectivity index (χ1v) is 7.74. The minimum atomic E-state index is -0.0829. The lowest BCUT2D eigenvalue weighted by Crippen LogP contribution is -2.06. The Bertz CT molecular complexity index is 777. The minimum Gasteiger partial charge on any atom is -0.486 e. The lowest BCUT2D eigenvalue weighted by atomic mass is 10.1. The van der Waals surface area contributed by atoms with Gasteiger partial charge in [0, 0.05) is 11.8 Å². The topological polar surface area (TPSA) is 35.0 Å². The summed E-state index contributed by atoms with van der Waals surface area (Å²) in [6.45, 7) is 3.99. The average molecular weight is 324 g/mol. The zero-order chi connectivity index (χ0) is 16.1. The van der Waals surface area contributed by atoms with E-state index in [1.54, 1.807) is 6.20 Å². The van der Waals surface area contributed by atoms with Crippen LogP contribution >= 0.6 is 11.6 Å². The van der Waals surface area contributed by atoms with Crippen molar-refractivity contribution in [2.75, 3.05) is 0 Å². The molecule has 23 heavy (non-hydrogen) atoms. The SMILES string of the molecule is [CH2]CC(Oc1cccc(-c2ccnc(Cl)n2)c1)c1ccccc1. The summed E-state index contributed by atoms with van der Waals surface area (Å²) < 4.78 is 6.10. The highest BCUT2D eigenvalue weighted by atomic mass is 35.5. The Hall–Kier alpha value is -2.39. The zero-order valence-corrected chi connectivity index (χ0v) is 13.3. The van der Waals surface area contributed by atoms with E-state index in [2.05, 4.69) is 16.9 Å². The summed E-state index contributed by atoms with van der Waals surface area (Å²) in [5.74, 6) is 0.773. The second kappa shape index (κ2) is 7.25. The third-order valence-corrected chi connectivity index (χ3v) is 3.65. The molecular weight excluding hydrogens is 308 g/mol. The highest BCUT2D eigenvalue weighted by molar-refractivity contribution is 6.28. The lowest BCUT2D eigenvalue weighted by molar-refractivity contribution is 0.208. The van der Waals surface area contributed by atoms with Crippen molar-refractivity contribution in [3.63, 3.8) is 0 Å². The monoisotopic (exact) mass is 323 g/mol. The number of nitrogens with zero attached hydrogens (tertiary/aromatic N) is 2. The molecule has 1 radical (unpaired) electrons. The van der Waals surface area contributed by atoms with Gasteiger partial charge in [-0.05, 0) is 48.7 Å². The molecule has 0 spiro atoms. The molecule has 0 N–H and O–H groups in total. The van der Waals surface area contributed by atoms with Crippen molar-refractivity contribution in [2.24, 2.45) is 0 Å². The summed E-state index contributed by atoms with van der Waals surface area (Å²) in [6.07, 6.45) is 2.20. The zero-order valence-electron chi connectivity index (χ0n) is 12.5. The lowest BCUT2D eigenvalue weighted by Gasteiger charge is -2.18. The molecule has 0 fully saturated rings. The van der Waals surface area contributed by atoms with Crippen LogP contribution in [-0.2, 0) is 0 Å². The molecule has 1 heterocycles. The first kappa shape index (κ1) is 15.5. The van der Waals surface area contributed by atoms with Crippen molar-refractivity contribution in [1.29, 1.82) is 0 Å². The number of benzene rings is 2. The highest BCUT2D eigenvalue weighted by Crippen LogP contribution is 2.28. The van der Waals surface area contributed by atoms with Crippen molar-refractivity contribution in [3.8, 4) is 17.0 Å². The summed E-state index contributed by atoms with van der Waals surface area (Å²) in [5, 5.41) is 0.230. The van der Waals surface area contributed by atoms with Gasteiger partial charge in [0.05, 0.1) is 5.69 Å². The van der Waals surface area contributed by atoms with Gasteiger partial charge in [0.25, 0.3) is 0 Å². The van der Waals surface area contributed by atoms with E-state index in [4.69, 9.17) is 16.3 Å². The fourth-order valence-electron chi connectivity index (χ4n) is 2.35. The fraction of sp³-hybridized carbons (Fsp3) is 0.105. The molecule has 0 aliphatic carbocycles. The van der Waals surface area contributed by atoms with Gasteiger partial charge in [0.1, 0.15) is 11.9 Å². The minimum absolute atomic E-state index is 0.0829. The molecule has 0 aliphatic rings. The Morgan fingerprint density at radius 3 is 2.61 bits per heavy atom. The number of ether oxygens (including phenoxy) is 1. The molecule has 3 aromatic rings. The third-order valence-electron chi connectivity index (χ3n) is 3.47. The smallest absolute Gasteiger partial charge is 0.222 e. The van der Waals surface area contributed by atoms with Gasteiger partial charge in [-0.1, -0.05) is 42.5 Å². The van der Waals surface area contributed by atoms with Gasteiger partial charge in [-0.25, -0.2) is 9.97 Å².